The van der Waals surface area contributed by atoms with E-state index in [0.717, 1.165) is 11.1 Å². The Morgan fingerprint density at radius 2 is 2.00 bits per heavy atom. The van der Waals surface area contributed by atoms with Gasteiger partial charge in [-0.2, -0.15) is 0 Å². The standard InChI is InChI=1S/C18H16BrCl2NO3/c1-2-24-16-8-11(3-6-17(22)23)7-14(19)18(16)25-10-12-4-5-13(20)9-15(12)21/h3-9H,2,10H2,1H3,(H2,22,23)/b6-3+. The van der Waals surface area contributed by atoms with E-state index >= 15 is 0 Å². The van der Waals surface area contributed by atoms with Gasteiger partial charge in [0.25, 0.3) is 0 Å². The molecule has 0 aliphatic carbocycles. The molecule has 0 spiro atoms. The lowest BCUT2D eigenvalue weighted by Crippen LogP contribution is -2.05. The number of amides is 1. The van der Waals surface area contributed by atoms with Gasteiger partial charge in [0.15, 0.2) is 11.5 Å². The molecule has 0 saturated carbocycles. The molecule has 4 nitrogen and oxygen atoms in total. The van der Waals surface area contributed by atoms with Gasteiger partial charge in [-0.1, -0.05) is 29.3 Å². The minimum Gasteiger partial charge on any atom is -0.490 e. The number of halogens is 3. The average Bonchev–Trinajstić information content (AvgIpc) is 2.54. The highest BCUT2D eigenvalue weighted by molar-refractivity contribution is 9.10. The fraction of sp³-hybridized carbons (Fsp3) is 0.167. The summed E-state index contributed by atoms with van der Waals surface area (Å²) in [6.07, 6.45) is 2.89. The van der Waals surface area contributed by atoms with E-state index in [1.54, 1.807) is 30.3 Å². The Kier molecular flexibility index (Phi) is 7.17. The van der Waals surface area contributed by atoms with Gasteiger partial charge in [-0.3, -0.25) is 4.79 Å². The van der Waals surface area contributed by atoms with Crippen LogP contribution in [0.15, 0.2) is 40.9 Å². The second kappa shape index (κ2) is 9.13. The van der Waals surface area contributed by atoms with Gasteiger partial charge < -0.3 is 15.2 Å². The number of carbonyl (C=O) groups excluding carboxylic acids is 1. The van der Waals surface area contributed by atoms with Crippen molar-refractivity contribution in [3.8, 4) is 11.5 Å². The molecule has 0 unspecified atom stereocenters. The number of primary amides is 1. The van der Waals surface area contributed by atoms with Crippen molar-refractivity contribution >= 4 is 51.1 Å². The summed E-state index contributed by atoms with van der Waals surface area (Å²) in [5, 5.41) is 1.10. The summed E-state index contributed by atoms with van der Waals surface area (Å²) in [5.74, 6) is 0.571. The van der Waals surface area contributed by atoms with Crippen LogP contribution in [0.2, 0.25) is 10.0 Å². The average molecular weight is 445 g/mol. The van der Waals surface area contributed by atoms with Gasteiger partial charge in [-0.15, -0.1) is 0 Å². The number of ether oxygens (including phenoxy) is 2. The first kappa shape index (κ1) is 19.6. The van der Waals surface area contributed by atoms with Gasteiger partial charge in [-0.05, 0) is 58.8 Å². The summed E-state index contributed by atoms with van der Waals surface area (Å²) in [7, 11) is 0. The quantitative estimate of drug-likeness (QED) is 0.594. The number of hydrogen-bond acceptors (Lipinski definition) is 3. The van der Waals surface area contributed by atoms with E-state index in [0.29, 0.717) is 32.6 Å². The zero-order chi connectivity index (χ0) is 18.4. The highest BCUT2D eigenvalue weighted by Gasteiger charge is 2.13. The molecule has 1 amide bonds. The van der Waals surface area contributed by atoms with E-state index in [1.165, 1.54) is 6.08 Å². The molecule has 0 aliphatic rings. The van der Waals surface area contributed by atoms with Crippen LogP contribution in [0.1, 0.15) is 18.1 Å². The summed E-state index contributed by atoms with van der Waals surface area (Å²) < 4.78 is 12.2. The number of carbonyl (C=O) groups is 1. The van der Waals surface area contributed by atoms with Gasteiger partial charge in [0, 0.05) is 21.7 Å². The van der Waals surface area contributed by atoms with Crippen LogP contribution in [0.5, 0.6) is 11.5 Å². The molecule has 2 aromatic carbocycles. The van der Waals surface area contributed by atoms with Crippen LogP contribution in [0.3, 0.4) is 0 Å². The van der Waals surface area contributed by atoms with Crippen molar-refractivity contribution in [1.82, 2.24) is 0 Å². The van der Waals surface area contributed by atoms with E-state index in [9.17, 15) is 4.79 Å². The van der Waals surface area contributed by atoms with Gasteiger partial charge >= 0.3 is 0 Å². The smallest absolute Gasteiger partial charge is 0.241 e. The van der Waals surface area contributed by atoms with Gasteiger partial charge in [0.1, 0.15) is 6.61 Å². The zero-order valence-corrected chi connectivity index (χ0v) is 16.5. The number of rotatable bonds is 7. The molecule has 2 N–H and O–H groups in total. The topological polar surface area (TPSA) is 61.5 Å². The minimum absolute atomic E-state index is 0.255. The Bertz CT molecular complexity index is 809. The highest BCUT2D eigenvalue weighted by atomic mass is 79.9. The van der Waals surface area contributed by atoms with E-state index in [-0.39, 0.29) is 6.61 Å². The molecule has 0 heterocycles. The fourth-order valence-corrected chi connectivity index (χ4v) is 3.09. The van der Waals surface area contributed by atoms with Crippen molar-refractivity contribution < 1.29 is 14.3 Å². The molecule has 25 heavy (non-hydrogen) atoms. The van der Waals surface area contributed by atoms with Crippen molar-refractivity contribution in [3.05, 3.63) is 62.1 Å². The lowest BCUT2D eigenvalue weighted by molar-refractivity contribution is -0.113. The van der Waals surface area contributed by atoms with E-state index < -0.39 is 5.91 Å². The summed E-state index contributed by atoms with van der Waals surface area (Å²) >= 11 is 15.5. The predicted molar refractivity (Wildman–Crippen MR) is 104 cm³/mol. The third-order valence-corrected chi connectivity index (χ3v) is 4.33. The SMILES string of the molecule is CCOc1cc(/C=C/C(N)=O)cc(Br)c1OCc1ccc(Cl)cc1Cl. The van der Waals surface area contributed by atoms with Crippen LogP contribution in [0, 0.1) is 0 Å². The molecule has 132 valence electrons. The maximum Gasteiger partial charge on any atom is 0.241 e. The summed E-state index contributed by atoms with van der Waals surface area (Å²) in [6.45, 7) is 2.60. The molecule has 2 rings (SSSR count). The first-order valence-electron chi connectivity index (χ1n) is 7.41. The van der Waals surface area contributed by atoms with Crippen LogP contribution >= 0.6 is 39.1 Å². The van der Waals surface area contributed by atoms with Crippen molar-refractivity contribution in [2.24, 2.45) is 5.73 Å². The van der Waals surface area contributed by atoms with E-state index in [1.807, 2.05) is 13.0 Å². The Balaban J connectivity index is 2.27. The second-order valence-corrected chi connectivity index (χ2v) is 6.72. The Morgan fingerprint density at radius 1 is 1.24 bits per heavy atom. The molecular weight excluding hydrogens is 429 g/mol. The molecule has 7 heteroatoms. The molecule has 0 fully saturated rings. The Labute approximate surface area is 164 Å². The molecular formula is C18H16BrCl2NO3. The van der Waals surface area contributed by atoms with Crippen molar-refractivity contribution in [2.45, 2.75) is 13.5 Å². The lowest BCUT2D eigenvalue weighted by atomic mass is 10.2. The lowest BCUT2D eigenvalue weighted by Gasteiger charge is -2.15. The van der Waals surface area contributed by atoms with Crippen molar-refractivity contribution in [3.63, 3.8) is 0 Å². The maximum absolute atomic E-state index is 10.9. The maximum atomic E-state index is 10.9. The normalized spacial score (nSPS) is 10.9. The number of hydrogen-bond donors (Lipinski definition) is 1. The van der Waals surface area contributed by atoms with E-state index in [4.69, 9.17) is 38.4 Å². The van der Waals surface area contributed by atoms with Gasteiger partial charge in [0.05, 0.1) is 11.1 Å². The monoisotopic (exact) mass is 443 g/mol. The fourth-order valence-electron chi connectivity index (χ4n) is 2.05. The van der Waals surface area contributed by atoms with E-state index in [2.05, 4.69) is 15.9 Å². The van der Waals surface area contributed by atoms with Crippen LogP contribution in [0.4, 0.5) is 0 Å². The zero-order valence-electron chi connectivity index (χ0n) is 13.4. The molecule has 0 radical (unpaired) electrons. The third kappa shape index (κ3) is 5.66. The van der Waals surface area contributed by atoms with Gasteiger partial charge in [-0.25, -0.2) is 0 Å². The second-order valence-electron chi connectivity index (χ2n) is 5.02. The summed E-state index contributed by atoms with van der Waals surface area (Å²) in [5.41, 5.74) is 6.69. The van der Waals surface area contributed by atoms with Gasteiger partial charge in [0.2, 0.25) is 5.91 Å². The number of nitrogens with two attached hydrogens (primary N) is 1. The largest absolute Gasteiger partial charge is 0.490 e. The van der Waals surface area contributed by atoms with Crippen molar-refractivity contribution in [1.29, 1.82) is 0 Å². The molecule has 0 aromatic heterocycles. The molecule has 0 aliphatic heterocycles. The molecule has 0 atom stereocenters. The van der Waals surface area contributed by atoms with Crippen molar-refractivity contribution in [2.75, 3.05) is 6.61 Å². The number of benzene rings is 2. The minimum atomic E-state index is -0.521. The first-order valence-corrected chi connectivity index (χ1v) is 8.96. The van der Waals surface area contributed by atoms with Crippen LogP contribution in [-0.2, 0) is 11.4 Å². The summed E-state index contributed by atoms with van der Waals surface area (Å²) in [6, 6.07) is 8.80. The summed E-state index contributed by atoms with van der Waals surface area (Å²) in [4.78, 5) is 10.9. The predicted octanol–water partition coefficient (Wildman–Crippen LogP) is 5.23. The molecule has 0 saturated heterocycles. The third-order valence-electron chi connectivity index (χ3n) is 3.16. The Morgan fingerprint density at radius 3 is 2.64 bits per heavy atom. The molecule has 0 bridgehead atoms. The van der Waals surface area contributed by atoms with Crippen LogP contribution in [-0.4, -0.2) is 12.5 Å². The van der Waals surface area contributed by atoms with Crippen LogP contribution in [0.25, 0.3) is 6.08 Å². The molecule has 2 aromatic rings. The highest BCUT2D eigenvalue weighted by Crippen LogP contribution is 2.38. The van der Waals surface area contributed by atoms with Crippen LogP contribution < -0.4 is 15.2 Å². The Hall–Kier alpha value is -1.69. The first-order chi connectivity index (χ1) is 11.9.